The van der Waals surface area contributed by atoms with Gasteiger partial charge in [-0.3, -0.25) is 14.3 Å². The number of nitrogens with one attached hydrogen (secondary N) is 2. The van der Waals surface area contributed by atoms with Crippen LogP contribution in [-0.4, -0.2) is 26.7 Å². The zero-order valence-electron chi connectivity index (χ0n) is 17.4. The Balaban J connectivity index is 1.71. The van der Waals surface area contributed by atoms with Gasteiger partial charge in [-0.1, -0.05) is 41.9 Å². The molecule has 9 heteroatoms. The van der Waals surface area contributed by atoms with Crippen LogP contribution in [0.25, 0.3) is 0 Å². The van der Waals surface area contributed by atoms with Gasteiger partial charge in [-0.15, -0.1) is 0 Å². The number of Topliss-reactive ketones (excluding diaryl/α,β-unsaturated/α-hetero) is 1. The fourth-order valence-electron chi connectivity index (χ4n) is 2.86. The number of ether oxygens (including phenoxy) is 1. The third-order valence-corrected chi connectivity index (χ3v) is 6.33. The molecule has 0 atom stereocenters. The normalized spacial score (nSPS) is 11.0. The molecule has 3 aromatic rings. The molecule has 0 aliphatic rings. The summed E-state index contributed by atoms with van der Waals surface area (Å²) in [6.45, 7) is 2.78. The Morgan fingerprint density at radius 1 is 1.00 bits per heavy atom. The molecule has 0 saturated carbocycles. The number of rotatable bonds is 8. The molecule has 0 fully saturated rings. The molecule has 7 nitrogen and oxygen atoms in total. The van der Waals surface area contributed by atoms with Gasteiger partial charge in [-0.25, -0.2) is 8.42 Å². The summed E-state index contributed by atoms with van der Waals surface area (Å²) in [4.78, 5) is 23.8. The Hall–Kier alpha value is -3.36. The number of hydrogen-bond acceptors (Lipinski definition) is 5. The molecule has 3 aromatic carbocycles. The third kappa shape index (κ3) is 5.87. The molecule has 1 amide bonds. The van der Waals surface area contributed by atoms with Crippen LogP contribution >= 0.6 is 11.6 Å². The lowest BCUT2D eigenvalue weighted by Gasteiger charge is -2.13. The van der Waals surface area contributed by atoms with E-state index < -0.39 is 15.9 Å². The molecule has 2 N–H and O–H groups in total. The first-order valence-corrected chi connectivity index (χ1v) is 11.4. The molecule has 0 bridgehead atoms. The molecule has 32 heavy (non-hydrogen) atoms. The van der Waals surface area contributed by atoms with Crippen molar-refractivity contribution >= 4 is 44.7 Å². The summed E-state index contributed by atoms with van der Waals surface area (Å²) in [7, 11) is -3.94. The number of para-hydroxylation sites is 1. The van der Waals surface area contributed by atoms with Gasteiger partial charge in [0.2, 0.25) is 0 Å². The quantitative estimate of drug-likeness (QED) is 0.464. The predicted octanol–water partition coefficient (Wildman–Crippen LogP) is 4.67. The molecule has 0 heterocycles. The van der Waals surface area contributed by atoms with Gasteiger partial charge in [0.15, 0.2) is 12.4 Å². The summed E-state index contributed by atoms with van der Waals surface area (Å²) < 4.78 is 33.6. The largest absolute Gasteiger partial charge is 0.484 e. The van der Waals surface area contributed by atoms with Crippen molar-refractivity contribution in [2.75, 3.05) is 16.6 Å². The fraction of sp³-hybridized carbons (Fsp3) is 0.130. The molecule has 0 aliphatic carbocycles. The summed E-state index contributed by atoms with van der Waals surface area (Å²) in [6, 6.07) is 17.5. The molecule has 0 saturated heterocycles. The first kappa shape index (κ1) is 23.3. The molecule has 0 unspecified atom stereocenters. The Bertz CT molecular complexity index is 1270. The van der Waals surface area contributed by atoms with Crippen molar-refractivity contribution in [1.82, 2.24) is 0 Å². The first-order chi connectivity index (χ1) is 15.2. The van der Waals surface area contributed by atoms with Crippen molar-refractivity contribution in [3.05, 3.63) is 82.9 Å². The van der Waals surface area contributed by atoms with E-state index in [1.807, 2.05) is 0 Å². The van der Waals surface area contributed by atoms with E-state index >= 15 is 0 Å². The van der Waals surface area contributed by atoms with Gasteiger partial charge in [0.25, 0.3) is 15.9 Å². The van der Waals surface area contributed by atoms with Crippen LogP contribution in [0.15, 0.2) is 71.6 Å². The topological polar surface area (TPSA) is 102 Å². The highest BCUT2D eigenvalue weighted by atomic mass is 35.5. The van der Waals surface area contributed by atoms with E-state index in [0.29, 0.717) is 22.6 Å². The smallest absolute Gasteiger partial charge is 0.262 e. The number of carbonyl (C=O) groups excluding carboxylic acids is 2. The Kier molecular flexibility index (Phi) is 7.17. The lowest BCUT2D eigenvalue weighted by Crippen LogP contribution is -2.21. The Morgan fingerprint density at radius 3 is 2.47 bits per heavy atom. The van der Waals surface area contributed by atoms with E-state index in [9.17, 15) is 18.0 Å². The minimum atomic E-state index is -3.94. The Morgan fingerprint density at radius 2 is 1.75 bits per heavy atom. The van der Waals surface area contributed by atoms with Crippen molar-refractivity contribution < 1.29 is 22.7 Å². The lowest BCUT2D eigenvalue weighted by molar-refractivity contribution is -0.118. The monoisotopic (exact) mass is 472 g/mol. The number of hydrogen-bond donors (Lipinski definition) is 2. The minimum absolute atomic E-state index is 0.00491. The molecule has 0 aromatic heterocycles. The standard InChI is InChI=1S/C23H21ClN2O5S/c1-15-10-11-18(13-22(15)32(29,30)26-21-9-4-3-8-20(21)24)25-23(28)14-31-19-7-5-6-17(12-19)16(2)27/h3-13,26H,14H2,1-2H3,(H,25,28). The number of sulfonamides is 1. The Labute approximate surface area is 191 Å². The molecular formula is C23H21ClN2O5S. The zero-order valence-corrected chi connectivity index (χ0v) is 19.0. The molecule has 0 aliphatic heterocycles. The van der Waals surface area contributed by atoms with Crippen molar-refractivity contribution in [1.29, 1.82) is 0 Å². The van der Waals surface area contributed by atoms with Crippen LogP contribution < -0.4 is 14.8 Å². The summed E-state index contributed by atoms with van der Waals surface area (Å²) in [5, 5.41) is 2.88. The highest BCUT2D eigenvalue weighted by Crippen LogP contribution is 2.27. The van der Waals surface area contributed by atoms with Crippen molar-refractivity contribution in [2.45, 2.75) is 18.7 Å². The number of halogens is 1. The van der Waals surface area contributed by atoms with Gasteiger partial charge in [0, 0.05) is 11.3 Å². The SMILES string of the molecule is CC(=O)c1cccc(OCC(=O)Nc2ccc(C)c(S(=O)(=O)Nc3ccccc3Cl)c2)c1. The molecule has 3 rings (SSSR count). The number of aryl methyl sites for hydroxylation is 1. The molecule has 0 radical (unpaired) electrons. The van der Waals surface area contributed by atoms with Crippen LogP contribution in [0.2, 0.25) is 5.02 Å². The van der Waals surface area contributed by atoms with E-state index in [2.05, 4.69) is 10.0 Å². The van der Waals surface area contributed by atoms with E-state index in [1.165, 1.54) is 13.0 Å². The maximum absolute atomic E-state index is 12.9. The van der Waals surface area contributed by atoms with Gasteiger partial charge in [-0.05, 0) is 55.8 Å². The second kappa shape index (κ2) is 9.84. The summed E-state index contributed by atoms with van der Waals surface area (Å²) in [5.41, 5.74) is 1.52. The summed E-state index contributed by atoms with van der Waals surface area (Å²) in [5.74, 6) is -0.216. The molecular weight excluding hydrogens is 452 g/mol. The predicted molar refractivity (Wildman–Crippen MR) is 124 cm³/mol. The number of anilines is 2. The summed E-state index contributed by atoms with van der Waals surface area (Å²) in [6.07, 6.45) is 0. The first-order valence-electron chi connectivity index (χ1n) is 9.57. The van der Waals surface area contributed by atoms with Crippen LogP contribution in [0.1, 0.15) is 22.8 Å². The number of ketones is 1. The maximum Gasteiger partial charge on any atom is 0.262 e. The number of carbonyl (C=O) groups is 2. The van der Waals surface area contributed by atoms with Crippen LogP contribution in [0, 0.1) is 6.92 Å². The van der Waals surface area contributed by atoms with Gasteiger partial charge in [-0.2, -0.15) is 0 Å². The fourth-order valence-corrected chi connectivity index (χ4v) is 4.45. The third-order valence-electron chi connectivity index (χ3n) is 4.49. The van der Waals surface area contributed by atoms with Crippen molar-refractivity contribution in [3.63, 3.8) is 0 Å². The van der Waals surface area contributed by atoms with Gasteiger partial charge >= 0.3 is 0 Å². The zero-order chi connectivity index (χ0) is 23.3. The van der Waals surface area contributed by atoms with Gasteiger partial charge < -0.3 is 10.1 Å². The average Bonchev–Trinajstić information content (AvgIpc) is 2.75. The van der Waals surface area contributed by atoms with E-state index in [-0.39, 0.29) is 28.0 Å². The number of benzene rings is 3. The van der Waals surface area contributed by atoms with Crippen LogP contribution in [0.4, 0.5) is 11.4 Å². The highest BCUT2D eigenvalue weighted by molar-refractivity contribution is 7.92. The van der Waals surface area contributed by atoms with Crippen molar-refractivity contribution in [3.8, 4) is 5.75 Å². The highest BCUT2D eigenvalue weighted by Gasteiger charge is 2.19. The molecule has 166 valence electrons. The van der Waals surface area contributed by atoms with Crippen LogP contribution in [0.5, 0.6) is 5.75 Å². The van der Waals surface area contributed by atoms with Crippen LogP contribution in [0.3, 0.4) is 0 Å². The second-order valence-electron chi connectivity index (χ2n) is 6.99. The van der Waals surface area contributed by atoms with Gasteiger partial charge in [0.05, 0.1) is 15.6 Å². The summed E-state index contributed by atoms with van der Waals surface area (Å²) >= 11 is 6.05. The van der Waals surface area contributed by atoms with Gasteiger partial charge in [0.1, 0.15) is 5.75 Å². The van der Waals surface area contributed by atoms with E-state index in [1.54, 1.807) is 67.6 Å². The van der Waals surface area contributed by atoms with E-state index in [0.717, 1.165) is 0 Å². The minimum Gasteiger partial charge on any atom is -0.484 e. The van der Waals surface area contributed by atoms with Crippen molar-refractivity contribution in [2.24, 2.45) is 0 Å². The average molecular weight is 473 g/mol. The second-order valence-corrected chi connectivity index (χ2v) is 9.04. The lowest BCUT2D eigenvalue weighted by atomic mass is 10.1. The molecule has 0 spiro atoms. The van der Waals surface area contributed by atoms with E-state index in [4.69, 9.17) is 16.3 Å². The van der Waals surface area contributed by atoms with Crippen LogP contribution in [-0.2, 0) is 14.8 Å². The number of amides is 1. The maximum atomic E-state index is 12.9.